The Kier molecular flexibility index (Phi) is 5.98. The number of phenols is 1. The molecule has 2 aromatic carbocycles. The van der Waals surface area contributed by atoms with E-state index in [2.05, 4.69) is 12.1 Å². The molecule has 2 fully saturated rings. The summed E-state index contributed by atoms with van der Waals surface area (Å²) in [6, 6.07) is 8.54. The summed E-state index contributed by atoms with van der Waals surface area (Å²) in [6.07, 6.45) is -0.526. The van der Waals surface area contributed by atoms with Crippen LogP contribution in [0.4, 0.5) is 13.2 Å². The number of methoxy groups -OCH3 is 1. The van der Waals surface area contributed by atoms with Crippen molar-refractivity contribution in [1.82, 2.24) is 0 Å². The second-order valence-electron chi connectivity index (χ2n) is 10.3. The first-order valence-electron chi connectivity index (χ1n) is 12.1. The van der Waals surface area contributed by atoms with E-state index in [0.717, 1.165) is 48.9 Å². The van der Waals surface area contributed by atoms with Crippen LogP contribution in [0.2, 0.25) is 0 Å². The summed E-state index contributed by atoms with van der Waals surface area (Å²) >= 11 is 0. The van der Waals surface area contributed by atoms with Gasteiger partial charge in [-0.1, -0.05) is 24.2 Å². The summed E-state index contributed by atoms with van der Waals surface area (Å²) in [5.74, 6) is 1.24. The molecule has 0 aromatic heterocycles. The number of oxime groups is 1. The molecule has 5 atom stereocenters. The molecule has 35 heavy (non-hydrogen) atoms. The van der Waals surface area contributed by atoms with Gasteiger partial charge in [0.25, 0.3) is 0 Å². The molecule has 3 aliphatic carbocycles. The van der Waals surface area contributed by atoms with Crippen molar-refractivity contribution < 1.29 is 33.0 Å². The highest BCUT2D eigenvalue weighted by Gasteiger charge is 2.55. The number of aromatic hydroxyl groups is 1. The first-order chi connectivity index (χ1) is 16.6. The van der Waals surface area contributed by atoms with Crippen LogP contribution in [0.5, 0.6) is 11.5 Å². The van der Waals surface area contributed by atoms with E-state index in [1.54, 1.807) is 12.1 Å². The highest BCUT2D eigenvalue weighted by atomic mass is 19.4. The summed E-state index contributed by atoms with van der Waals surface area (Å²) in [5, 5.41) is 25.5. The molecule has 8 heteroatoms. The second-order valence-corrected chi connectivity index (χ2v) is 10.3. The van der Waals surface area contributed by atoms with Crippen LogP contribution in [0.1, 0.15) is 67.2 Å². The van der Waals surface area contributed by atoms with Crippen molar-refractivity contribution in [1.29, 1.82) is 0 Å². The van der Waals surface area contributed by atoms with Gasteiger partial charge >= 0.3 is 6.18 Å². The van der Waals surface area contributed by atoms with Gasteiger partial charge in [-0.3, -0.25) is 0 Å². The molecule has 5 rings (SSSR count). The monoisotopic (exact) mass is 489 g/mol. The molecule has 0 unspecified atom stereocenters. The maximum atomic E-state index is 13.0. The minimum Gasteiger partial charge on any atom is -0.504 e. The predicted octanol–water partition coefficient (Wildman–Crippen LogP) is 6.02. The third kappa shape index (κ3) is 4.15. The van der Waals surface area contributed by atoms with Gasteiger partial charge in [-0.25, -0.2) is 0 Å². The zero-order chi connectivity index (χ0) is 25.0. The van der Waals surface area contributed by atoms with Gasteiger partial charge in [0.15, 0.2) is 11.5 Å². The third-order valence-electron chi connectivity index (χ3n) is 8.54. The summed E-state index contributed by atoms with van der Waals surface area (Å²) < 4.78 is 44.5. The van der Waals surface area contributed by atoms with Crippen LogP contribution in [-0.4, -0.2) is 29.1 Å². The lowest BCUT2D eigenvalue weighted by atomic mass is 9.55. The van der Waals surface area contributed by atoms with Gasteiger partial charge in [-0.15, -0.1) is 0 Å². The van der Waals surface area contributed by atoms with Gasteiger partial charge in [0.2, 0.25) is 0 Å². The SMILES string of the molecule is COc1cc2c(cc1O)C(=NOCc1cccc(C(F)(F)F)c1)C[C@@H]1[C@@H]2CC[C@]2(C)[C@@H](O)CC[C@@H]12. The first-order valence-corrected chi connectivity index (χ1v) is 12.1. The number of nitrogens with zero attached hydrogens (tertiary/aromatic N) is 1. The Morgan fingerprint density at radius 3 is 2.69 bits per heavy atom. The Labute approximate surface area is 202 Å². The van der Waals surface area contributed by atoms with Crippen molar-refractivity contribution in [3.63, 3.8) is 0 Å². The number of alkyl halides is 3. The van der Waals surface area contributed by atoms with E-state index in [4.69, 9.17) is 9.57 Å². The number of aliphatic hydroxyl groups excluding tert-OH is 1. The molecule has 0 bridgehead atoms. The summed E-state index contributed by atoms with van der Waals surface area (Å²) in [4.78, 5) is 5.58. The van der Waals surface area contributed by atoms with E-state index in [0.29, 0.717) is 29.4 Å². The minimum absolute atomic E-state index is 0.00668. The van der Waals surface area contributed by atoms with Gasteiger partial charge in [0.1, 0.15) is 6.61 Å². The summed E-state index contributed by atoms with van der Waals surface area (Å²) in [7, 11) is 1.51. The number of aliphatic hydroxyl groups is 1. The van der Waals surface area contributed by atoms with Crippen LogP contribution in [0.15, 0.2) is 41.6 Å². The summed E-state index contributed by atoms with van der Waals surface area (Å²) in [6.45, 7) is 2.08. The van der Waals surface area contributed by atoms with E-state index in [9.17, 15) is 23.4 Å². The standard InChI is InChI=1S/C27H30F3NO4/c1-26-9-8-17-18-13-24(34-2)23(32)12-20(18)22(11-19(17)21(26)6-7-25(26)33)31-35-14-15-4-3-5-16(10-15)27(28,29)30/h3-5,10,12-13,17,19,21,25,32-33H,6-9,11,14H2,1-2H3/t17-,19-,21+,25+,26+/m1/s1. The van der Waals surface area contributed by atoms with Crippen LogP contribution >= 0.6 is 0 Å². The molecule has 2 saturated carbocycles. The Morgan fingerprint density at radius 2 is 1.94 bits per heavy atom. The van der Waals surface area contributed by atoms with Crippen molar-refractivity contribution in [3.05, 3.63) is 58.7 Å². The van der Waals surface area contributed by atoms with Crippen LogP contribution in [0.25, 0.3) is 0 Å². The van der Waals surface area contributed by atoms with Crippen molar-refractivity contribution in [3.8, 4) is 11.5 Å². The van der Waals surface area contributed by atoms with Gasteiger partial charge < -0.3 is 19.8 Å². The summed E-state index contributed by atoms with van der Waals surface area (Å²) in [5.41, 5.74) is 2.01. The molecule has 0 aliphatic heterocycles. The Morgan fingerprint density at radius 1 is 1.14 bits per heavy atom. The predicted molar refractivity (Wildman–Crippen MR) is 124 cm³/mol. The van der Waals surface area contributed by atoms with E-state index < -0.39 is 11.7 Å². The van der Waals surface area contributed by atoms with Crippen molar-refractivity contribution in [2.75, 3.05) is 7.11 Å². The highest BCUT2D eigenvalue weighted by Crippen LogP contribution is 2.61. The molecule has 0 heterocycles. The molecule has 3 aliphatic rings. The number of benzene rings is 2. The van der Waals surface area contributed by atoms with Gasteiger partial charge in [0.05, 0.1) is 24.5 Å². The molecule has 2 aromatic rings. The van der Waals surface area contributed by atoms with Crippen molar-refractivity contribution >= 4 is 5.71 Å². The molecule has 5 nitrogen and oxygen atoms in total. The average Bonchev–Trinajstić information content (AvgIpc) is 3.13. The second kappa shape index (κ2) is 8.73. The molecule has 0 saturated heterocycles. The molecule has 0 radical (unpaired) electrons. The van der Waals surface area contributed by atoms with E-state index in [1.807, 2.05) is 6.07 Å². The zero-order valence-electron chi connectivity index (χ0n) is 19.8. The number of rotatable bonds is 4. The van der Waals surface area contributed by atoms with E-state index in [-0.39, 0.29) is 35.7 Å². The first kappa shape index (κ1) is 24.0. The Bertz CT molecular complexity index is 1150. The topological polar surface area (TPSA) is 71.3 Å². The number of ether oxygens (including phenoxy) is 1. The molecule has 2 N–H and O–H groups in total. The third-order valence-corrected chi connectivity index (χ3v) is 8.54. The largest absolute Gasteiger partial charge is 0.504 e. The van der Waals surface area contributed by atoms with E-state index in [1.165, 1.54) is 13.2 Å². The zero-order valence-corrected chi connectivity index (χ0v) is 19.8. The van der Waals surface area contributed by atoms with Crippen molar-refractivity contribution in [2.24, 2.45) is 22.4 Å². The lowest BCUT2D eigenvalue weighted by Crippen LogP contribution is -2.45. The fraction of sp³-hybridized carbons (Fsp3) is 0.519. The molecule has 0 spiro atoms. The van der Waals surface area contributed by atoms with Crippen LogP contribution < -0.4 is 4.74 Å². The molecule has 0 amide bonds. The quantitative estimate of drug-likeness (QED) is 0.516. The molecular weight excluding hydrogens is 459 g/mol. The maximum Gasteiger partial charge on any atom is 0.416 e. The number of hydrogen-bond donors (Lipinski definition) is 2. The van der Waals surface area contributed by atoms with Crippen molar-refractivity contribution in [2.45, 2.75) is 63.8 Å². The Balaban J connectivity index is 1.47. The van der Waals surface area contributed by atoms with Crippen LogP contribution in [0, 0.1) is 17.3 Å². The number of halogens is 3. The fourth-order valence-corrected chi connectivity index (χ4v) is 6.68. The fourth-order valence-electron chi connectivity index (χ4n) is 6.68. The molecule has 188 valence electrons. The number of fused-ring (bicyclic) bond motifs is 5. The Hall–Kier alpha value is -2.74. The maximum absolute atomic E-state index is 13.0. The van der Waals surface area contributed by atoms with Crippen LogP contribution in [0.3, 0.4) is 0 Å². The number of hydrogen-bond acceptors (Lipinski definition) is 5. The lowest BCUT2D eigenvalue weighted by molar-refractivity contribution is -0.137. The average molecular weight is 490 g/mol. The number of phenolic OH excluding ortho intramolecular Hbond substituents is 1. The highest BCUT2D eigenvalue weighted by molar-refractivity contribution is 6.03. The van der Waals surface area contributed by atoms with Gasteiger partial charge in [-0.2, -0.15) is 13.2 Å². The van der Waals surface area contributed by atoms with E-state index >= 15 is 0 Å². The van der Waals surface area contributed by atoms with Crippen LogP contribution in [-0.2, 0) is 17.6 Å². The lowest BCUT2D eigenvalue weighted by Gasteiger charge is -2.50. The van der Waals surface area contributed by atoms with Gasteiger partial charge in [0, 0.05) is 5.56 Å². The molecular formula is C27H30F3NO4. The normalized spacial score (nSPS) is 31.0. The van der Waals surface area contributed by atoms with Gasteiger partial charge in [-0.05, 0) is 90.7 Å². The minimum atomic E-state index is -4.42. The smallest absolute Gasteiger partial charge is 0.416 e.